The highest BCUT2D eigenvalue weighted by molar-refractivity contribution is 7.98. The third-order valence-corrected chi connectivity index (χ3v) is 8.63. The lowest BCUT2D eigenvalue weighted by Gasteiger charge is -2.21. The summed E-state index contributed by atoms with van der Waals surface area (Å²) in [7, 11) is 2.10. The lowest BCUT2D eigenvalue weighted by Crippen LogP contribution is -2.27. The number of rotatable bonds is 6. The van der Waals surface area contributed by atoms with E-state index in [2.05, 4.69) is 11.9 Å². The summed E-state index contributed by atoms with van der Waals surface area (Å²) in [6.45, 7) is 4.31. The van der Waals surface area contributed by atoms with Gasteiger partial charge < -0.3 is 9.64 Å². The number of thiophene rings is 1. The van der Waals surface area contributed by atoms with Gasteiger partial charge in [-0.2, -0.15) is 0 Å². The van der Waals surface area contributed by atoms with Crippen molar-refractivity contribution in [3.8, 4) is 11.4 Å². The van der Waals surface area contributed by atoms with Crippen molar-refractivity contribution < 1.29 is 4.74 Å². The minimum Gasteiger partial charge on any atom is -0.494 e. The molecule has 5 rings (SSSR count). The maximum absolute atomic E-state index is 13.9. The molecule has 5 nitrogen and oxygen atoms in total. The molecule has 0 aliphatic carbocycles. The van der Waals surface area contributed by atoms with Crippen LogP contribution in [-0.4, -0.2) is 34.7 Å². The van der Waals surface area contributed by atoms with Crippen LogP contribution in [0, 0.1) is 0 Å². The quantitative estimate of drug-likeness (QED) is 0.212. The lowest BCUT2D eigenvalue weighted by molar-refractivity contribution is 0.318. The van der Waals surface area contributed by atoms with Crippen molar-refractivity contribution in [3.05, 3.63) is 78.9 Å². The molecule has 1 aliphatic rings. The van der Waals surface area contributed by atoms with Crippen LogP contribution in [0.4, 0.5) is 0 Å². The SMILES string of the molecule is CCOc1ccc(-n2c(SCc3c(Cl)cccc3Cl)nc3sc4c(c3c2=O)CCN(C)C4)cc1. The smallest absolute Gasteiger partial charge is 0.267 e. The Bertz CT molecular complexity index is 1400. The first-order valence-corrected chi connectivity index (χ1v) is 13.6. The molecule has 34 heavy (non-hydrogen) atoms. The first-order valence-electron chi connectivity index (χ1n) is 11.0. The molecule has 0 radical (unpaired) electrons. The predicted molar refractivity (Wildman–Crippen MR) is 142 cm³/mol. The Balaban J connectivity index is 1.64. The Kier molecular flexibility index (Phi) is 6.91. The summed E-state index contributed by atoms with van der Waals surface area (Å²) < 4.78 is 7.30. The van der Waals surface area contributed by atoms with Gasteiger partial charge >= 0.3 is 0 Å². The van der Waals surface area contributed by atoms with Crippen molar-refractivity contribution in [3.63, 3.8) is 0 Å². The number of ether oxygens (including phenoxy) is 1. The van der Waals surface area contributed by atoms with Gasteiger partial charge in [0, 0.05) is 33.8 Å². The van der Waals surface area contributed by atoms with E-state index in [1.807, 2.05) is 49.4 Å². The van der Waals surface area contributed by atoms with Gasteiger partial charge in [0.05, 0.1) is 17.7 Å². The molecule has 3 heterocycles. The fraction of sp³-hybridized carbons (Fsp3) is 0.280. The van der Waals surface area contributed by atoms with Gasteiger partial charge in [0.15, 0.2) is 5.16 Å². The van der Waals surface area contributed by atoms with Crippen molar-refractivity contribution in [2.75, 3.05) is 20.2 Å². The van der Waals surface area contributed by atoms with Crippen molar-refractivity contribution in [1.29, 1.82) is 0 Å². The number of hydrogen-bond acceptors (Lipinski definition) is 6. The van der Waals surface area contributed by atoms with E-state index in [-0.39, 0.29) is 5.56 Å². The number of hydrogen-bond donors (Lipinski definition) is 0. The Hall–Kier alpha value is -2.03. The molecule has 0 spiro atoms. The highest BCUT2D eigenvalue weighted by atomic mass is 35.5. The van der Waals surface area contributed by atoms with Crippen LogP contribution in [0.5, 0.6) is 5.75 Å². The van der Waals surface area contributed by atoms with Gasteiger partial charge in [0.25, 0.3) is 5.56 Å². The third-order valence-electron chi connectivity index (χ3n) is 5.85. The summed E-state index contributed by atoms with van der Waals surface area (Å²) in [5.74, 6) is 1.27. The monoisotopic (exact) mass is 531 g/mol. The Labute approximate surface area is 216 Å². The molecule has 0 amide bonds. The number of aromatic nitrogens is 2. The predicted octanol–water partition coefficient (Wildman–Crippen LogP) is 6.43. The highest BCUT2D eigenvalue weighted by Gasteiger charge is 2.24. The number of halogens is 2. The van der Waals surface area contributed by atoms with Gasteiger partial charge in [-0.1, -0.05) is 41.0 Å². The second kappa shape index (κ2) is 9.91. The average molecular weight is 533 g/mol. The molecule has 0 saturated carbocycles. The van der Waals surface area contributed by atoms with E-state index >= 15 is 0 Å². The maximum Gasteiger partial charge on any atom is 0.267 e. The average Bonchev–Trinajstić information content (AvgIpc) is 3.17. The topological polar surface area (TPSA) is 47.4 Å². The minimum atomic E-state index is -0.0380. The van der Waals surface area contributed by atoms with Gasteiger partial charge in [0.2, 0.25) is 0 Å². The highest BCUT2D eigenvalue weighted by Crippen LogP contribution is 2.36. The zero-order chi connectivity index (χ0) is 23.8. The summed E-state index contributed by atoms with van der Waals surface area (Å²) in [6, 6.07) is 13.0. The van der Waals surface area contributed by atoms with Crippen molar-refractivity contribution >= 4 is 56.5 Å². The van der Waals surface area contributed by atoms with Gasteiger partial charge in [0.1, 0.15) is 10.6 Å². The summed E-state index contributed by atoms with van der Waals surface area (Å²) in [6.07, 6.45) is 0.855. The first kappa shape index (κ1) is 23.7. The molecule has 0 atom stereocenters. The molecule has 0 bridgehead atoms. The van der Waals surface area contributed by atoms with Gasteiger partial charge in [-0.15, -0.1) is 11.3 Å². The standard InChI is InChI=1S/C25H23Cl2N3O2S2/c1-3-32-16-9-7-15(8-10-16)30-24(31)22-17-11-12-29(2)13-21(17)34-23(22)28-25(30)33-14-18-19(26)5-4-6-20(18)27/h4-10H,3,11-14H2,1-2H3. The molecule has 9 heteroatoms. The molecule has 1 aliphatic heterocycles. The van der Waals surface area contributed by atoms with Crippen LogP contribution in [-0.2, 0) is 18.7 Å². The van der Waals surface area contributed by atoms with Crippen LogP contribution in [0.1, 0.15) is 22.9 Å². The van der Waals surface area contributed by atoms with Crippen LogP contribution in [0.3, 0.4) is 0 Å². The zero-order valence-corrected chi connectivity index (χ0v) is 22.0. The molecule has 0 unspecified atom stereocenters. The van der Waals surface area contributed by atoms with E-state index in [4.69, 9.17) is 32.9 Å². The lowest BCUT2D eigenvalue weighted by atomic mass is 10.1. The van der Waals surface area contributed by atoms with Crippen molar-refractivity contribution in [2.24, 2.45) is 0 Å². The van der Waals surface area contributed by atoms with Crippen LogP contribution >= 0.6 is 46.3 Å². The van der Waals surface area contributed by atoms with Gasteiger partial charge in [-0.25, -0.2) is 4.98 Å². The van der Waals surface area contributed by atoms with E-state index in [0.29, 0.717) is 27.6 Å². The fourth-order valence-corrected chi connectivity index (χ4v) is 7.24. The van der Waals surface area contributed by atoms with Crippen molar-refractivity contribution in [1.82, 2.24) is 14.5 Å². The number of thioether (sulfide) groups is 1. The fourth-order valence-electron chi connectivity index (χ4n) is 4.14. The molecule has 0 N–H and O–H groups in total. The van der Waals surface area contributed by atoms with E-state index in [0.717, 1.165) is 52.3 Å². The molecule has 0 fully saturated rings. The Morgan fingerprint density at radius 1 is 1.15 bits per heavy atom. The molecule has 2 aromatic carbocycles. The Morgan fingerprint density at radius 2 is 1.88 bits per heavy atom. The van der Waals surface area contributed by atoms with E-state index < -0.39 is 0 Å². The summed E-state index contributed by atoms with van der Waals surface area (Å²) in [5.41, 5.74) is 2.68. The van der Waals surface area contributed by atoms with Crippen LogP contribution in [0.25, 0.3) is 15.9 Å². The Morgan fingerprint density at radius 3 is 2.59 bits per heavy atom. The summed E-state index contributed by atoms with van der Waals surface area (Å²) in [4.78, 5) is 23.2. The van der Waals surface area contributed by atoms with Crippen LogP contribution in [0.2, 0.25) is 10.0 Å². The second-order valence-electron chi connectivity index (χ2n) is 8.12. The van der Waals surface area contributed by atoms with Gasteiger partial charge in [-0.3, -0.25) is 9.36 Å². The molecule has 0 saturated heterocycles. The van der Waals surface area contributed by atoms with Crippen LogP contribution < -0.4 is 10.3 Å². The second-order valence-corrected chi connectivity index (χ2v) is 11.0. The number of nitrogens with zero attached hydrogens (tertiary/aromatic N) is 3. The molecular weight excluding hydrogens is 509 g/mol. The van der Waals surface area contributed by atoms with Crippen molar-refractivity contribution in [2.45, 2.75) is 30.8 Å². The minimum absolute atomic E-state index is 0.0380. The normalized spacial score (nSPS) is 13.9. The van der Waals surface area contributed by atoms with E-state index in [1.165, 1.54) is 16.6 Å². The van der Waals surface area contributed by atoms with E-state index in [1.54, 1.807) is 15.9 Å². The maximum atomic E-state index is 13.9. The van der Waals surface area contributed by atoms with Gasteiger partial charge in [-0.05, 0) is 67.9 Å². The molecule has 4 aromatic rings. The number of likely N-dealkylation sites (N-methyl/N-ethyl adjacent to an activating group) is 1. The summed E-state index contributed by atoms with van der Waals surface area (Å²) >= 11 is 15.9. The molecule has 176 valence electrons. The van der Waals surface area contributed by atoms with E-state index in [9.17, 15) is 4.79 Å². The number of benzene rings is 2. The molecule has 2 aromatic heterocycles. The zero-order valence-electron chi connectivity index (χ0n) is 18.8. The molecular formula is C25H23Cl2N3O2S2. The largest absolute Gasteiger partial charge is 0.494 e. The third kappa shape index (κ3) is 4.48. The number of fused-ring (bicyclic) bond motifs is 3. The summed E-state index contributed by atoms with van der Waals surface area (Å²) in [5, 5.41) is 2.56. The first-order chi connectivity index (χ1) is 16.5. The van der Waals surface area contributed by atoms with Crippen LogP contribution in [0.15, 0.2) is 52.4 Å².